The number of aliphatic carboxylic acids is 1. The third-order valence-corrected chi connectivity index (χ3v) is 8.37. The lowest BCUT2D eigenvalue weighted by Crippen LogP contribution is -2.50. The van der Waals surface area contributed by atoms with Gasteiger partial charge in [-0.15, -0.1) is 0 Å². The number of carbonyl (C=O) groups is 3. The van der Waals surface area contributed by atoms with E-state index in [-0.39, 0.29) is 42.7 Å². The SMILES string of the molecule is CCCCCCCC/C=C/C/C=C/CCC(=O)OC(COCCC(C(=O)O)[N+](C)(C)C)COC(=O)CCCCCCCCCCCC. The zero-order valence-electron chi connectivity index (χ0n) is 31.0. The number of nitrogens with zero attached hydrogens (tertiary/aromatic N) is 1. The van der Waals surface area contributed by atoms with E-state index in [0.29, 0.717) is 19.3 Å². The molecule has 0 radical (unpaired) electrons. The first kappa shape index (κ1) is 44.8. The van der Waals surface area contributed by atoms with Crippen molar-refractivity contribution in [3.05, 3.63) is 24.3 Å². The molecule has 47 heavy (non-hydrogen) atoms. The normalized spacial score (nSPS) is 13.3. The number of carboxylic acid groups (broad SMARTS) is 1. The molecule has 2 atom stereocenters. The molecule has 0 saturated heterocycles. The summed E-state index contributed by atoms with van der Waals surface area (Å²) in [5.74, 6) is -1.55. The van der Waals surface area contributed by atoms with Crippen LogP contribution in [0.3, 0.4) is 0 Å². The highest BCUT2D eigenvalue weighted by atomic mass is 16.6. The van der Waals surface area contributed by atoms with Crippen LogP contribution >= 0.6 is 0 Å². The van der Waals surface area contributed by atoms with Gasteiger partial charge in [-0.3, -0.25) is 9.59 Å². The van der Waals surface area contributed by atoms with Gasteiger partial charge in [-0.2, -0.15) is 0 Å². The molecule has 0 aliphatic carbocycles. The van der Waals surface area contributed by atoms with Gasteiger partial charge in [-0.25, -0.2) is 4.79 Å². The molecular weight excluding hydrogens is 594 g/mol. The van der Waals surface area contributed by atoms with Gasteiger partial charge in [0.2, 0.25) is 0 Å². The molecule has 1 N–H and O–H groups in total. The summed E-state index contributed by atoms with van der Waals surface area (Å²) in [4.78, 5) is 36.6. The Labute approximate surface area is 288 Å². The quantitative estimate of drug-likeness (QED) is 0.0322. The minimum atomic E-state index is -0.883. The van der Waals surface area contributed by atoms with Crippen LogP contribution in [-0.2, 0) is 28.6 Å². The van der Waals surface area contributed by atoms with Crippen molar-refractivity contribution in [2.75, 3.05) is 41.0 Å². The molecule has 0 rings (SSSR count). The van der Waals surface area contributed by atoms with Gasteiger partial charge >= 0.3 is 17.9 Å². The summed E-state index contributed by atoms with van der Waals surface area (Å²) in [5.41, 5.74) is 0. The van der Waals surface area contributed by atoms with Crippen molar-refractivity contribution in [3.8, 4) is 0 Å². The van der Waals surface area contributed by atoms with Crippen LogP contribution in [0.15, 0.2) is 24.3 Å². The van der Waals surface area contributed by atoms with Gasteiger partial charge in [0, 0.05) is 19.3 Å². The van der Waals surface area contributed by atoms with E-state index in [1.54, 1.807) is 0 Å². The average Bonchev–Trinajstić information content (AvgIpc) is 3.01. The van der Waals surface area contributed by atoms with E-state index in [9.17, 15) is 19.5 Å². The molecule has 0 fully saturated rings. The Kier molecular flexibility index (Phi) is 29.7. The first-order valence-corrected chi connectivity index (χ1v) is 18.9. The number of unbranched alkanes of at least 4 members (excludes halogenated alkanes) is 15. The van der Waals surface area contributed by atoms with Crippen LogP contribution in [0.5, 0.6) is 0 Å². The number of likely N-dealkylation sites (N-methyl/N-ethyl adjacent to an activating group) is 1. The van der Waals surface area contributed by atoms with Crippen LogP contribution in [-0.4, -0.2) is 80.6 Å². The molecule has 0 aliphatic rings. The summed E-state index contributed by atoms with van der Waals surface area (Å²) >= 11 is 0. The number of quaternary nitrogens is 1. The lowest BCUT2D eigenvalue weighted by atomic mass is 10.1. The highest BCUT2D eigenvalue weighted by molar-refractivity contribution is 5.72. The van der Waals surface area contributed by atoms with E-state index >= 15 is 0 Å². The summed E-state index contributed by atoms with van der Waals surface area (Å²) in [6.45, 7) is 4.64. The van der Waals surface area contributed by atoms with Crippen molar-refractivity contribution in [3.63, 3.8) is 0 Å². The number of esters is 2. The molecule has 0 spiro atoms. The topological polar surface area (TPSA) is 99.1 Å². The molecule has 0 heterocycles. The molecule has 0 aliphatic heterocycles. The van der Waals surface area contributed by atoms with Crippen LogP contribution < -0.4 is 0 Å². The molecule has 0 bridgehead atoms. The van der Waals surface area contributed by atoms with Gasteiger partial charge in [-0.05, 0) is 32.1 Å². The van der Waals surface area contributed by atoms with Gasteiger partial charge < -0.3 is 23.8 Å². The van der Waals surface area contributed by atoms with Crippen molar-refractivity contribution in [2.45, 2.75) is 167 Å². The lowest BCUT2D eigenvalue weighted by Gasteiger charge is -2.31. The Balaban J connectivity index is 4.52. The van der Waals surface area contributed by atoms with E-state index in [1.807, 2.05) is 27.2 Å². The van der Waals surface area contributed by atoms with E-state index < -0.39 is 18.1 Å². The number of carbonyl (C=O) groups excluding carboxylic acids is 2. The van der Waals surface area contributed by atoms with E-state index in [4.69, 9.17) is 14.2 Å². The summed E-state index contributed by atoms with van der Waals surface area (Å²) < 4.78 is 17.1. The fraction of sp³-hybridized carbons (Fsp3) is 0.821. The van der Waals surface area contributed by atoms with E-state index in [0.717, 1.165) is 32.1 Å². The van der Waals surface area contributed by atoms with Gasteiger partial charge in [0.1, 0.15) is 6.61 Å². The first-order valence-electron chi connectivity index (χ1n) is 18.9. The Morgan fingerprint density at radius 1 is 0.638 bits per heavy atom. The molecule has 0 aromatic rings. The molecule has 0 amide bonds. The maximum absolute atomic E-state index is 12.6. The average molecular weight is 667 g/mol. The maximum Gasteiger partial charge on any atom is 0.362 e. The summed E-state index contributed by atoms with van der Waals surface area (Å²) in [5, 5.41) is 9.56. The van der Waals surface area contributed by atoms with Crippen molar-refractivity contribution >= 4 is 17.9 Å². The first-order chi connectivity index (χ1) is 22.6. The number of hydrogen-bond donors (Lipinski definition) is 1. The van der Waals surface area contributed by atoms with Crippen LogP contribution in [0.25, 0.3) is 0 Å². The summed E-state index contributed by atoms with van der Waals surface area (Å²) in [6.07, 6.45) is 30.9. The molecule has 0 aromatic carbocycles. The van der Waals surface area contributed by atoms with Gasteiger partial charge in [0.25, 0.3) is 0 Å². The maximum atomic E-state index is 12.6. The van der Waals surface area contributed by atoms with Gasteiger partial charge in [0.15, 0.2) is 12.1 Å². The Morgan fingerprint density at radius 2 is 1.17 bits per heavy atom. The molecule has 0 saturated carbocycles. The number of ether oxygens (including phenoxy) is 3. The molecule has 274 valence electrons. The largest absolute Gasteiger partial charge is 0.477 e. The third kappa shape index (κ3) is 29.7. The van der Waals surface area contributed by atoms with Gasteiger partial charge in [0.05, 0.1) is 34.4 Å². The number of rotatable bonds is 33. The fourth-order valence-electron chi connectivity index (χ4n) is 5.38. The predicted molar refractivity (Wildman–Crippen MR) is 192 cm³/mol. The van der Waals surface area contributed by atoms with Crippen molar-refractivity contribution in [1.82, 2.24) is 0 Å². The highest BCUT2D eigenvalue weighted by Crippen LogP contribution is 2.13. The number of carboxylic acids is 1. The minimum Gasteiger partial charge on any atom is -0.477 e. The van der Waals surface area contributed by atoms with Gasteiger partial charge in [-0.1, -0.05) is 128 Å². The van der Waals surface area contributed by atoms with Crippen molar-refractivity contribution in [2.24, 2.45) is 0 Å². The molecule has 8 heteroatoms. The second-order valence-electron chi connectivity index (χ2n) is 13.8. The van der Waals surface area contributed by atoms with Crippen LogP contribution in [0, 0.1) is 0 Å². The van der Waals surface area contributed by atoms with Crippen LogP contribution in [0.4, 0.5) is 0 Å². The third-order valence-electron chi connectivity index (χ3n) is 8.37. The highest BCUT2D eigenvalue weighted by Gasteiger charge is 2.31. The van der Waals surface area contributed by atoms with Crippen molar-refractivity contribution < 1.29 is 38.2 Å². The fourth-order valence-corrected chi connectivity index (χ4v) is 5.38. The second-order valence-corrected chi connectivity index (χ2v) is 13.8. The Hall–Kier alpha value is -2.19. The smallest absolute Gasteiger partial charge is 0.362 e. The lowest BCUT2D eigenvalue weighted by molar-refractivity contribution is -0.887. The number of allylic oxidation sites excluding steroid dienone is 4. The van der Waals surface area contributed by atoms with Crippen LogP contribution in [0.2, 0.25) is 0 Å². The number of hydrogen-bond acceptors (Lipinski definition) is 6. The van der Waals surface area contributed by atoms with E-state index in [2.05, 4.69) is 32.1 Å². The molecule has 8 nitrogen and oxygen atoms in total. The molecule has 0 aromatic heterocycles. The molecule has 2 unspecified atom stereocenters. The van der Waals surface area contributed by atoms with Crippen molar-refractivity contribution in [1.29, 1.82) is 0 Å². The standard InChI is InChI=1S/C39H71NO7/c1-6-8-10-12-14-16-18-19-20-22-24-26-28-30-38(42)47-35(33-45-32-31-36(39(43)44)40(3,4)5)34-46-37(41)29-27-25-23-21-17-15-13-11-9-7-2/h19-20,24,26,35-36H,6-18,21-23,25,27-34H2,1-5H3/p+1/b20-19+,26-24+. The second kappa shape index (κ2) is 31.1. The summed E-state index contributed by atoms with van der Waals surface area (Å²) in [7, 11) is 5.50. The Morgan fingerprint density at radius 3 is 1.72 bits per heavy atom. The molecular formula is C39H72NO7+. The zero-order valence-corrected chi connectivity index (χ0v) is 31.0. The summed E-state index contributed by atoms with van der Waals surface area (Å²) in [6, 6.07) is -0.618. The Bertz CT molecular complexity index is 834. The monoisotopic (exact) mass is 667 g/mol. The minimum absolute atomic E-state index is 0.0417. The zero-order chi connectivity index (χ0) is 35.0. The van der Waals surface area contributed by atoms with E-state index in [1.165, 1.54) is 83.5 Å². The predicted octanol–water partition coefficient (Wildman–Crippen LogP) is 9.35. The van der Waals surface area contributed by atoms with Crippen LogP contribution in [0.1, 0.15) is 155 Å².